The van der Waals surface area contributed by atoms with E-state index in [1.807, 2.05) is 0 Å². The molecule has 0 bridgehead atoms. The van der Waals surface area contributed by atoms with Gasteiger partial charge in [0.15, 0.2) is 0 Å². The smallest absolute Gasteiger partial charge is 0.350 e. The molecule has 0 atom stereocenters. The normalized spacial score (nSPS) is 16.7. The van der Waals surface area contributed by atoms with Gasteiger partial charge in [0.25, 0.3) is 0 Å². The zero-order chi connectivity index (χ0) is 17.2. The van der Waals surface area contributed by atoms with E-state index in [2.05, 4.69) is 4.98 Å². The van der Waals surface area contributed by atoms with Crippen LogP contribution in [0.2, 0.25) is 0 Å². The summed E-state index contributed by atoms with van der Waals surface area (Å²) < 4.78 is 49.6. The second-order valence-corrected chi connectivity index (χ2v) is 5.13. The van der Waals surface area contributed by atoms with E-state index in [-0.39, 0.29) is 18.1 Å². The second-order valence-electron chi connectivity index (χ2n) is 5.13. The Labute approximate surface area is 131 Å². The third-order valence-electron chi connectivity index (χ3n) is 3.67. The van der Waals surface area contributed by atoms with E-state index in [9.17, 15) is 18.0 Å². The fraction of sp³-hybridized carbons (Fsp3) is 0.571. The van der Waals surface area contributed by atoms with Crippen molar-refractivity contribution in [1.82, 2.24) is 15.0 Å². The largest absolute Gasteiger partial charge is 0.418 e. The monoisotopic (exact) mass is 333 g/mol. The molecule has 1 aliphatic rings. The molecule has 0 spiro atoms. The summed E-state index contributed by atoms with van der Waals surface area (Å²) in [7, 11) is 4.08. The summed E-state index contributed by atoms with van der Waals surface area (Å²) in [5.41, 5.74) is -0.873. The van der Waals surface area contributed by atoms with Crippen molar-refractivity contribution in [3.63, 3.8) is 0 Å². The van der Waals surface area contributed by atoms with Crippen LogP contribution in [0.3, 0.4) is 0 Å². The summed E-state index contributed by atoms with van der Waals surface area (Å²) in [5, 5.41) is 3.08. The first kappa shape index (κ1) is 17.6. The average molecular weight is 333 g/mol. The Bertz CT molecular complexity index is 576. The average Bonchev–Trinajstić information content (AvgIpc) is 2.80. The summed E-state index contributed by atoms with van der Waals surface area (Å²) in [4.78, 5) is 15.4. The maximum Gasteiger partial charge on any atom is 0.418 e. The third kappa shape index (κ3) is 3.80. The molecule has 6 nitrogen and oxygen atoms in total. The number of carbonyl (C=O) groups excluding carboxylic acids is 1. The van der Waals surface area contributed by atoms with Gasteiger partial charge >= 0.3 is 6.18 Å². The lowest BCUT2D eigenvalue weighted by atomic mass is 10.1. The molecule has 0 N–H and O–H groups in total. The lowest BCUT2D eigenvalue weighted by Gasteiger charge is -2.25. The first-order valence-electron chi connectivity index (χ1n) is 6.91. The molecule has 0 radical (unpaired) electrons. The summed E-state index contributed by atoms with van der Waals surface area (Å²) in [5.74, 6) is -0.0653. The van der Waals surface area contributed by atoms with Crippen LogP contribution in [0, 0.1) is 0 Å². The van der Waals surface area contributed by atoms with Crippen molar-refractivity contribution in [3.05, 3.63) is 29.1 Å². The number of methoxy groups -OCH3 is 2. The number of nitrogens with zero attached hydrogens (tertiary/aromatic N) is 3. The van der Waals surface area contributed by atoms with Gasteiger partial charge in [-0.05, 0) is 11.6 Å². The number of hydrazine groups is 1. The summed E-state index contributed by atoms with van der Waals surface area (Å²) in [6.45, 7) is 0.639. The van der Waals surface area contributed by atoms with Gasteiger partial charge in [-0.2, -0.15) is 13.2 Å². The van der Waals surface area contributed by atoms with Gasteiger partial charge in [0.2, 0.25) is 12.2 Å². The standard InChI is InChI=1S/C14H18F3N3O3/c1-19-11(21)4-5-20(19)8-9-6-10(14(15,16)17)12(18-7-9)13(22-2)23-3/h6-7,13H,4-5,8H2,1-3H3. The van der Waals surface area contributed by atoms with Gasteiger partial charge in [0.05, 0.1) is 5.56 Å². The molecule has 1 fully saturated rings. The minimum atomic E-state index is -4.58. The number of carbonyl (C=O) groups is 1. The van der Waals surface area contributed by atoms with Crippen LogP contribution in [0.5, 0.6) is 0 Å². The van der Waals surface area contributed by atoms with Gasteiger partial charge < -0.3 is 9.47 Å². The van der Waals surface area contributed by atoms with E-state index >= 15 is 0 Å². The number of aromatic nitrogens is 1. The summed E-state index contributed by atoms with van der Waals surface area (Å²) in [6, 6.07) is 1.02. The van der Waals surface area contributed by atoms with Crippen LogP contribution in [-0.2, 0) is 27.0 Å². The molecule has 1 amide bonds. The molecule has 2 heterocycles. The molecule has 0 aromatic carbocycles. The van der Waals surface area contributed by atoms with Crippen molar-refractivity contribution in [3.8, 4) is 0 Å². The van der Waals surface area contributed by atoms with Gasteiger partial charge in [0, 0.05) is 47.0 Å². The van der Waals surface area contributed by atoms with E-state index in [0.29, 0.717) is 18.5 Å². The molecule has 1 aromatic rings. The van der Waals surface area contributed by atoms with Crippen molar-refractivity contribution in [2.24, 2.45) is 0 Å². The zero-order valence-electron chi connectivity index (χ0n) is 13.1. The molecule has 128 valence electrons. The van der Waals surface area contributed by atoms with Crippen LogP contribution >= 0.6 is 0 Å². The Kier molecular flexibility index (Phi) is 5.23. The molecule has 9 heteroatoms. The topological polar surface area (TPSA) is 54.9 Å². The van der Waals surface area contributed by atoms with Gasteiger partial charge in [-0.15, -0.1) is 0 Å². The lowest BCUT2D eigenvalue weighted by molar-refractivity contribution is -0.149. The Balaban J connectivity index is 2.31. The van der Waals surface area contributed by atoms with Crippen LogP contribution in [-0.4, -0.2) is 48.7 Å². The Hall–Kier alpha value is -1.71. The Morgan fingerprint density at radius 1 is 1.35 bits per heavy atom. The van der Waals surface area contributed by atoms with Crippen molar-refractivity contribution in [2.75, 3.05) is 27.8 Å². The van der Waals surface area contributed by atoms with Crippen LogP contribution in [0.4, 0.5) is 13.2 Å². The van der Waals surface area contributed by atoms with Crippen molar-refractivity contribution in [2.45, 2.75) is 25.4 Å². The molecule has 2 rings (SSSR count). The molecule has 0 saturated carbocycles. The highest BCUT2D eigenvalue weighted by atomic mass is 19.4. The van der Waals surface area contributed by atoms with Crippen molar-refractivity contribution < 1.29 is 27.4 Å². The van der Waals surface area contributed by atoms with E-state index in [1.165, 1.54) is 25.4 Å². The quantitative estimate of drug-likeness (QED) is 0.771. The molecule has 1 aliphatic heterocycles. The molecule has 1 saturated heterocycles. The van der Waals surface area contributed by atoms with Crippen molar-refractivity contribution in [1.29, 1.82) is 0 Å². The van der Waals surface area contributed by atoms with Crippen LogP contribution in [0.1, 0.15) is 29.5 Å². The zero-order valence-corrected chi connectivity index (χ0v) is 13.1. The highest BCUT2D eigenvalue weighted by Gasteiger charge is 2.37. The highest BCUT2D eigenvalue weighted by molar-refractivity contribution is 5.77. The predicted octanol–water partition coefficient (Wildman–Crippen LogP) is 1.97. The third-order valence-corrected chi connectivity index (χ3v) is 3.67. The first-order chi connectivity index (χ1) is 10.8. The molecule has 23 heavy (non-hydrogen) atoms. The predicted molar refractivity (Wildman–Crippen MR) is 73.8 cm³/mol. The molecule has 0 aliphatic carbocycles. The number of hydrogen-bond donors (Lipinski definition) is 0. The highest BCUT2D eigenvalue weighted by Crippen LogP contribution is 2.35. The number of ether oxygens (including phenoxy) is 2. The van der Waals surface area contributed by atoms with Gasteiger partial charge in [-0.1, -0.05) is 0 Å². The minimum absolute atomic E-state index is 0.0653. The van der Waals surface area contributed by atoms with Crippen molar-refractivity contribution >= 4 is 5.91 Å². The number of pyridine rings is 1. The van der Waals surface area contributed by atoms with Crippen LogP contribution in [0.25, 0.3) is 0 Å². The minimum Gasteiger partial charge on any atom is -0.350 e. The van der Waals surface area contributed by atoms with E-state index in [1.54, 1.807) is 12.1 Å². The van der Waals surface area contributed by atoms with Crippen LogP contribution in [0.15, 0.2) is 12.3 Å². The van der Waals surface area contributed by atoms with Gasteiger partial charge in [-0.3, -0.25) is 14.8 Å². The number of hydrogen-bond acceptors (Lipinski definition) is 5. The number of amides is 1. The van der Waals surface area contributed by atoms with E-state index in [4.69, 9.17) is 9.47 Å². The fourth-order valence-corrected chi connectivity index (χ4v) is 2.43. The fourth-order valence-electron chi connectivity index (χ4n) is 2.43. The van der Waals surface area contributed by atoms with Gasteiger partial charge in [-0.25, -0.2) is 5.01 Å². The maximum absolute atomic E-state index is 13.3. The van der Waals surface area contributed by atoms with E-state index in [0.717, 1.165) is 6.07 Å². The molecule has 0 unspecified atom stereocenters. The number of halogens is 3. The maximum atomic E-state index is 13.3. The number of rotatable bonds is 5. The molecule has 1 aromatic heterocycles. The Morgan fingerprint density at radius 3 is 2.48 bits per heavy atom. The first-order valence-corrected chi connectivity index (χ1v) is 6.91. The Morgan fingerprint density at radius 2 is 2.00 bits per heavy atom. The van der Waals surface area contributed by atoms with Crippen LogP contribution < -0.4 is 0 Å². The molecular weight excluding hydrogens is 315 g/mol. The number of alkyl halides is 3. The van der Waals surface area contributed by atoms with Gasteiger partial charge in [0.1, 0.15) is 5.69 Å². The molecular formula is C14H18F3N3O3. The summed E-state index contributed by atoms with van der Waals surface area (Å²) in [6.07, 6.45) is -4.09. The summed E-state index contributed by atoms with van der Waals surface area (Å²) >= 11 is 0. The second kappa shape index (κ2) is 6.81. The van der Waals surface area contributed by atoms with E-state index < -0.39 is 18.0 Å². The SMILES string of the molecule is COC(OC)c1ncc(CN2CCC(=O)N2C)cc1C(F)(F)F. The lowest BCUT2D eigenvalue weighted by Crippen LogP contribution is -2.35.